The zero-order valence-corrected chi connectivity index (χ0v) is 19.7. The molecule has 6 heteroatoms. The maximum Gasteiger partial charge on any atom is 0.117 e. The minimum absolute atomic E-state index is 0.545. The van der Waals surface area contributed by atoms with Gasteiger partial charge in [0.2, 0.25) is 0 Å². The highest BCUT2D eigenvalue weighted by Crippen LogP contribution is 2.42. The number of hydrogen-bond acceptors (Lipinski definition) is 5. The van der Waals surface area contributed by atoms with Gasteiger partial charge in [-0.3, -0.25) is 14.5 Å². The van der Waals surface area contributed by atoms with Crippen molar-refractivity contribution in [2.45, 2.75) is 37.9 Å². The van der Waals surface area contributed by atoms with Crippen LogP contribution in [0.15, 0.2) is 82.0 Å². The van der Waals surface area contributed by atoms with Gasteiger partial charge in [-0.25, -0.2) is 0 Å². The highest BCUT2D eigenvalue weighted by molar-refractivity contribution is 5.59. The number of nitrogens with zero attached hydrogens (tertiary/aromatic N) is 4. The van der Waals surface area contributed by atoms with E-state index < -0.39 is 0 Å². The van der Waals surface area contributed by atoms with Gasteiger partial charge < -0.3 is 8.83 Å². The largest absolute Gasteiger partial charge is 0.468 e. The highest BCUT2D eigenvalue weighted by atomic mass is 16.3. The molecule has 3 aromatic heterocycles. The number of benzene rings is 1. The second-order valence-electron chi connectivity index (χ2n) is 9.81. The summed E-state index contributed by atoms with van der Waals surface area (Å²) >= 11 is 0. The first kappa shape index (κ1) is 21.4. The Bertz CT molecular complexity index is 1150. The predicted octanol–water partition coefficient (Wildman–Crippen LogP) is 5.15. The highest BCUT2D eigenvalue weighted by Gasteiger charge is 2.42. The second-order valence-corrected chi connectivity index (χ2v) is 9.81. The molecular weight excluding hydrogens is 424 g/mol. The van der Waals surface area contributed by atoms with Gasteiger partial charge in [0.25, 0.3) is 0 Å². The van der Waals surface area contributed by atoms with Crippen molar-refractivity contribution in [2.24, 2.45) is 13.0 Å². The Labute approximate surface area is 200 Å². The summed E-state index contributed by atoms with van der Waals surface area (Å²) in [7, 11) is 2.10. The molecule has 4 atom stereocenters. The maximum absolute atomic E-state index is 5.67. The third-order valence-corrected chi connectivity index (χ3v) is 7.63. The summed E-state index contributed by atoms with van der Waals surface area (Å²) < 4.78 is 13.4. The lowest BCUT2D eigenvalue weighted by atomic mass is 9.74. The van der Waals surface area contributed by atoms with E-state index in [-0.39, 0.29) is 0 Å². The van der Waals surface area contributed by atoms with Gasteiger partial charge >= 0.3 is 0 Å². The van der Waals surface area contributed by atoms with Gasteiger partial charge in [-0.1, -0.05) is 30.3 Å². The third kappa shape index (κ3) is 4.36. The van der Waals surface area contributed by atoms with Crippen LogP contribution in [0.25, 0.3) is 11.3 Å². The van der Waals surface area contributed by atoms with E-state index in [9.17, 15) is 0 Å². The van der Waals surface area contributed by atoms with Crippen LogP contribution < -0.4 is 0 Å². The number of fused-ring (bicyclic) bond motifs is 3. The van der Waals surface area contributed by atoms with E-state index in [2.05, 4.69) is 70.1 Å². The smallest absolute Gasteiger partial charge is 0.117 e. The third-order valence-electron chi connectivity index (χ3n) is 7.63. The molecular formula is C28H32N4O2. The number of hydrogen-bond donors (Lipinski definition) is 0. The zero-order chi connectivity index (χ0) is 22.9. The summed E-state index contributed by atoms with van der Waals surface area (Å²) in [5, 5.41) is 4.86. The molecule has 0 N–H and O–H groups in total. The summed E-state index contributed by atoms with van der Waals surface area (Å²) in [5.74, 6) is 3.25. The van der Waals surface area contributed by atoms with Crippen LogP contribution in [0.5, 0.6) is 0 Å². The molecule has 2 bridgehead atoms. The van der Waals surface area contributed by atoms with Gasteiger partial charge in [-0.2, -0.15) is 5.10 Å². The Morgan fingerprint density at radius 1 is 0.971 bits per heavy atom. The summed E-state index contributed by atoms with van der Waals surface area (Å²) in [6.45, 7) is 4.91. The van der Waals surface area contributed by atoms with Crippen molar-refractivity contribution < 1.29 is 8.83 Å². The molecule has 0 saturated carbocycles. The average Bonchev–Trinajstić information content (AvgIpc) is 3.63. The van der Waals surface area contributed by atoms with Crippen LogP contribution in [0.3, 0.4) is 0 Å². The normalized spacial score (nSPS) is 24.2. The van der Waals surface area contributed by atoms with Crippen molar-refractivity contribution >= 4 is 0 Å². The van der Waals surface area contributed by atoms with Crippen LogP contribution in [0.2, 0.25) is 0 Å². The quantitative estimate of drug-likeness (QED) is 0.367. The van der Waals surface area contributed by atoms with Gasteiger partial charge in [0, 0.05) is 43.4 Å². The molecule has 6 heterocycles. The minimum Gasteiger partial charge on any atom is -0.468 e. The van der Waals surface area contributed by atoms with Crippen LogP contribution in [-0.2, 0) is 20.1 Å². The molecule has 1 aromatic carbocycles. The number of rotatable bonds is 8. The molecule has 34 heavy (non-hydrogen) atoms. The summed E-state index contributed by atoms with van der Waals surface area (Å²) in [5.41, 5.74) is 3.64. The number of piperidine rings is 3. The standard InChI is InChI=1S/C28H32N4O2/c1-30-28(16-27(29-30)21-7-3-2-4-8-21)26-20-32-12-11-22(26)15-23(32)17-31(18-24-9-5-13-33-24)19-25-10-6-14-34-25/h2-10,13-14,16,22-23,26H,11-12,15,17-20H2,1H3/t22-,23+,26-/m0/s1. The predicted molar refractivity (Wildman–Crippen MR) is 131 cm³/mol. The van der Waals surface area contributed by atoms with E-state index in [0.29, 0.717) is 17.9 Å². The van der Waals surface area contributed by atoms with E-state index in [1.807, 2.05) is 12.1 Å². The van der Waals surface area contributed by atoms with Crippen LogP contribution >= 0.6 is 0 Å². The lowest BCUT2D eigenvalue weighted by Gasteiger charge is -2.50. The van der Waals surface area contributed by atoms with Crippen molar-refractivity contribution in [3.63, 3.8) is 0 Å². The van der Waals surface area contributed by atoms with Crippen molar-refractivity contribution in [3.8, 4) is 11.3 Å². The maximum atomic E-state index is 5.67. The van der Waals surface area contributed by atoms with E-state index in [1.54, 1.807) is 12.5 Å². The summed E-state index contributed by atoms with van der Waals surface area (Å²) in [6, 6.07) is 21.4. The molecule has 0 aliphatic carbocycles. The Kier molecular flexibility index (Phi) is 5.85. The average molecular weight is 457 g/mol. The molecule has 176 valence electrons. The van der Waals surface area contributed by atoms with E-state index in [4.69, 9.17) is 13.9 Å². The lowest BCUT2D eigenvalue weighted by molar-refractivity contribution is 0.00571. The molecule has 7 rings (SSSR count). The number of furan rings is 2. The van der Waals surface area contributed by atoms with Gasteiger partial charge in [0.05, 0.1) is 31.3 Å². The number of aryl methyl sites for hydroxylation is 1. The summed E-state index contributed by atoms with van der Waals surface area (Å²) in [6.07, 6.45) is 6.01. The number of aromatic nitrogens is 2. The molecule has 1 unspecified atom stereocenters. The van der Waals surface area contributed by atoms with Crippen molar-refractivity contribution in [1.82, 2.24) is 19.6 Å². The topological polar surface area (TPSA) is 50.6 Å². The zero-order valence-electron chi connectivity index (χ0n) is 19.7. The van der Waals surface area contributed by atoms with E-state index in [1.165, 1.54) is 30.6 Å². The van der Waals surface area contributed by atoms with E-state index >= 15 is 0 Å². The summed E-state index contributed by atoms with van der Waals surface area (Å²) in [4.78, 5) is 5.17. The molecule has 3 aliphatic rings. The molecule has 0 spiro atoms. The molecule has 0 amide bonds. The SMILES string of the molecule is Cn1nc(-c2ccccc2)cc1[C@H]1CN2CC[C@H]1C[C@@H]2CN(Cc1ccco1)Cc1ccco1. The van der Waals surface area contributed by atoms with Gasteiger partial charge in [0.15, 0.2) is 0 Å². The van der Waals surface area contributed by atoms with Crippen molar-refractivity contribution in [2.75, 3.05) is 19.6 Å². The second kappa shape index (κ2) is 9.28. The molecule has 3 fully saturated rings. The van der Waals surface area contributed by atoms with Crippen molar-refractivity contribution in [1.29, 1.82) is 0 Å². The Hall–Kier alpha value is -3.09. The van der Waals surface area contributed by atoms with Crippen LogP contribution in [0, 0.1) is 5.92 Å². The Balaban J connectivity index is 1.17. The van der Waals surface area contributed by atoms with Gasteiger partial charge in [0.1, 0.15) is 11.5 Å². The minimum atomic E-state index is 0.545. The lowest BCUT2D eigenvalue weighted by Crippen LogP contribution is -2.56. The fourth-order valence-electron chi connectivity index (χ4n) is 5.97. The van der Waals surface area contributed by atoms with Crippen LogP contribution in [0.4, 0.5) is 0 Å². The fraction of sp³-hybridized carbons (Fsp3) is 0.393. The Morgan fingerprint density at radius 3 is 2.32 bits per heavy atom. The van der Waals surface area contributed by atoms with Crippen LogP contribution in [0.1, 0.15) is 36.0 Å². The van der Waals surface area contributed by atoms with Gasteiger partial charge in [-0.15, -0.1) is 0 Å². The molecule has 3 saturated heterocycles. The first-order valence-corrected chi connectivity index (χ1v) is 12.3. The monoisotopic (exact) mass is 456 g/mol. The molecule has 0 radical (unpaired) electrons. The van der Waals surface area contributed by atoms with Crippen LogP contribution in [-0.4, -0.2) is 45.3 Å². The first-order chi connectivity index (χ1) is 16.7. The molecule has 4 aromatic rings. The van der Waals surface area contributed by atoms with Gasteiger partial charge in [-0.05, 0) is 55.6 Å². The molecule has 3 aliphatic heterocycles. The van der Waals surface area contributed by atoms with Crippen molar-refractivity contribution in [3.05, 3.63) is 90.4 Å². The first-order valence-electron chi connectivity index (χ1n) is 12.3. The molecule has 6 nitrogen and oxygen atoms in total. The van der Waals surface area contributed by atoms with E-state index in [0.717, 1.165) is 43.4 Å². The fourth-order valence-corrected chi connectivity index (χ4v) is 5.97. The Morgan fingerprint density at radius 2 is 1.71 bits per heavy atom.